The van der Waals surface area contributed by atoms with Crippen molar-refractivity contribution in [2.45, 2.75) is 224 Å². The third kappa shape index (κ3) is 19.6. The molecule has 4 aromatic carbocycles. The fraction of sp³-hybridized carbons (Fsp3) is 0.547. The minimum absolute atomic E-state index is 0.0471. The largest absolute Gasteiger partial charge is 0.497 e. The van der Waals surface area contributed by atoms with Gasteiger partial charge in [-0.05, 0) is 108 Å². The number of methoxy groups -OCH3 is 3. The topological polar surface area (TPSA) is 145 Å². The molecule has 0 N–H and O–H groups in total. The molecular formula is C75H106O14Si2. The zero-order chi connectivity index (χ0) is 66.2. The summed E-state index contributed by atoms with van der Waals surface area (Å²) in [6, 6.07) is 39.5. The second-order valence-corrected chi connectivity index (χ2v) is 37.2. The Morgan fingerprint density at radius 2 is 1.27 bits per heavy atom. The average molecular weight is 1290 g/mol. The predicted molar refractivity (Wildman–Crippen MR) is 364 cm³/mol. The number of benzene rings is 4. The highest BCUT2D eigenvalue weighted by atomic mass is 28.4. The Kier molecular flexibility index (Phi) is 26.2. The van der Waals surface area contributed by atoms with E-state index in [9.17, 15) is 9.59 Å². The molecule has 0 saturated carbocycles. The van der Waals surface area contributed by atoms with Gasteiger partial charge in [-0.2, -0.15) is 0 Å². The van der Waals surface area contributed by atoms with E-state index in [0.717, 1.165) is 34.4 Å². The van der Waals surface area contributed by atoms with Crippen LogP contribution in [0.3, 0.4) is 0 Å². The second-order valence-electron chi connectivity index (χ2n) is 28.2. The molecule has 3 aliphatic heterocycles. The molecule has 0 spiro atoms. The maximum Gasteiger partial charge on any atom is 0.330 e. The number of hydrogen-bond donors (Lipinski definition) is 0. The summed E-state index contributed by atoms with van der Waals surface area (Å²) in [4.78, 5) is 26.5. The van der Waals surface area contributed by atoms with Crippen molar-refractivity contribution < 1.29 is 65.8 Å². The molecule has 91 heavy (non-hydrogen) atoms. The first-order valence-corrected chi connectivity index (χ1v) is 37.3. The number of carbonyl (C=O) groups excluding carboxylic acids is 2. The Morgan fingerprint density at radius 3 is 1.85 bits per heavy atom. The molecule has 4 aromatic rings. The second kappa shape index (κ2) is 32.7. The molecule has 0 radical (unpaired) electrons. The molecule has 7 rings (SSSR count). The van der Waals surface area contributed by atoms with Gasteiger partial charge in [-0.15, -0.1) is 0 Å². The number of hydrogen-bond acceptors (Lipinski definition) is 14. The summed E-state index contributed by atoms with van der Waals surface area (Å²) >= 11 is 0. The van der Waals surface area contributed by atoms with E-state index in [1.807, 2.05) is 87.5 Å². The Morgan fingerprint density at radius 1 is 0.692 bits per heavy atom. The maximum atomic E-state index is 13.3. The normalized spacial score (nSPS) is 23.6. The lowest BCUT2D eigenvalue weighted by Gasteiger charge is -2.53. The number of carbonyl (C=O) groups is 2. The monoisotopic (exact) mass is 1290 g/mol. The van der Waals surface area contributed by atoms with Crippen molar-refractivity contribution in [2.75, 3.05) is 34.7 Å². The lowest BCUT2D eigenvalue weighted by Crippen LogP contribution is -2.66. The van der Waals surface area contributed by atoms with Crippen LogP contribution in [0.5, 0.6) is 5.75 Å². The van der Waals surface area contributed by atoms with E-state index >= 15 is 0 Å². The van der Waals surface area contributed by atoms with Gasteiger partial charge in [0.2, 0.25) is 5.79 Å². The third-order valence-electron chi connectivity index (χ3n) is 18.7. The number of esters is 2. The van der Waals surface area contributed by atoms with E-state index in [4.69, 9.17) is 56.2 Å². The molecule has 0 aromatic heterocycles. The van der Waals surface area contributed by atoms with Crippen LogP contribution >= 0.6 is 0 Å². The number of ether oxygens (including phenoxy) is 10. The molecule has 498 valence electrons. The Labute approximate surface area is 546 Å². The first-order valence-electron chi connectivity index (χ1n) is 32.5. The molecule has 3 fully saturated rings. The Balaban J connectivity index is 1.09. The molecule has 1 unspecified atom stereocenters. The Bertz CT molecular complexity index is 2970. The lowest BCUT2D eigenvalue weighted by molar-refractivity contribution is -0.338. The van der Waals surface area contributed by atoms with Crippen molar-refractivity contribution in [1.29, 1.82) is 0 Å². The van der Waals surface area contributed by atoms with Gasteiger partial charge in [-0.25, -0.2) is 4.79 Å². The Hall–Kier alpha value is -5.35. The van der Waals surface area contributed by atoms with Crippen LogP contribution in [0.1, 0.15) is 138 Å². The van der Waals surface area contributed by atoms with Crippen LogP contribution in [0.15, 0.2) is 163 Å². The summed E-state index contributed by atoms with van der Waals surface area (Å²) in [6.45, 7) is 35.7. The van der Waals surface area contributed by atoms with E-state index in [-0.39, 0.29) is 53.8 Å². The smallest absolute Gasteiger partial charge is 0.330 e. The lowest BCUT2D eigenvalue weighted by atomic mass is 9.73. The highest BCUT2D eigenvalue weighted by molar-refractivity contribution is 6.99. The van der Waals surface area contributed by atoms with Crippen LogP contribution in [0, 0.1) is 5.41 Å². The third-order valence-corrected chi connectivity index (χ3v) is 28.2. The van der Waals surface area contributed by atoms with Crippen LogP contribution in [0.4, 0.5) is 0 Å². The predicted octanol–water partition coefficient (Wildman–Crippen LogP) is 14.6. The molecular weight excluding hydrogens is 1180 g/mol. The van der Waals surface area contributed by atoms with E-state index in [2.05, 4.69) is 128 Å². The minimum atomic E-state index is -2.81. The quantitative estimate of drug-likeness (QED) is 0.0122. The van der Waals surface area contributed by atoms with E-state index in [1.54, 1.807) is 14.2 Å². The van der Waals surface area contributed by atoms with Crippen LogP contribution < -0.4 is 15.1 Å². The summed E-state index contributed by atoms with van der Waals surface area (Å²) in [6.07, 6.45) is 7.00. The molecule has 10 atom stereocenters. The standard InChI is InChI=1S/C75H106O14Si2/c1-53-41-62(37-39-74(11,12)75(80-15)71(85-56(4)76)59(46-70(77)79-14)45-66(88-75)49-69(89-90(16,17)72(5,6)7)55(3)83-52-81-50-57-27-21-18-22-28-57)86-64(42-53)48-65-44-54(2)43-63(87-65)47-61(82-51-58-33-35-60(78-13)36-34-58)38-40-84-91(73(8,9)10,67-29-23-19-24-30-67)68-31-25-20-26-32-68/h18-37,39,46,55,61-66,69,71H,1-2,38,40-45,47-52H2,3-17H3/b39-37+,59-46+/t55-,61+,62+,63?,64+,65-,66+,69-,71+,75-/m1/s1. The van der Waals surface area contributed by atoms with Gasteiger partial charge in [-0.1, -0.05) is 195 Å². The van der Waals surface area contributed by atoms with Crippen molar-refractivity contribution >= 4 is 38.9 Å². The summed E-state index contributed by atoms with van der Waals surface area (Å²) < 4.78 is 78.7. The molecule has 14 nitrogen and oxygen atoms in total. The van der Waals surface area contributed by atoms with E-state index in [1.165, 1.54) is 30.5 Å². The summed E-state index contributed by atoms with van der Waals surface area (Å²) in [5.41, 5.74) is 3.74. The minimum Gasteiger partial charge on any atom is -0.497 e. The van der Waals surface area contributed by atoms with Gasteiger partial charge in [0.25, 0.3) is 8.32 Å². The summed E-state index contributed by atoms with van der Waals surface area (Å²) in [5, 5.41) is 2.17. The van der Waals surface area contributed by atoms with Crippen LogP contribution in [-0.4, -0.2) is 124 Å². The zero-order valence-corrected chi connectivity index (χ0v) is 59.2. The van der Waals surface area contributed by atoms with E-state index < -0.39 is 64.2 Å². The van der Waals surface area contributed by atoms with Gasteiger partial charge in [0.1, 0.15) is 12.5 Å². The first-order chi connectivity index (χ1) is 43.1. The van der Waals surface area contributed by atoms with Crippen molar-refractivity contribution in [3.05, 3.63) is 174 Å². The van der Waals surface area contributed by atoms with Crippen LogP contribution in [0.2, 0.25) is 23.2 Å². The molecule has 3 aliphatic rings. The van der Waals surface area contributed by atoms with Gasteiger partial charge in [-0.3, -0.25) is 4.79 Å². The first kappa shape index (κ1) is 73.1. The van der Waals surface area contributed by atoms with Gasteiger partial charge >= 0.3 is 11.9 Å². The van der Waals surface area contributed by atoms with Crippen molar-refractivity contribution in [2.24, 2.45) is 5.41 Å². The van der Waals surface area contributed by atoms with Crippen LogP contribution in [0.25, 0.3) is 0 Å². The maximum absolute atomic E-state index is 13.3. The molecule has 0 amide bonds. The zero-order valence-electron chi connectivity index (χ0n) is 57.2. The molecule has 0 bridgehead atoms. The van der Waals surface area contributed by atoms with Gasteiger partial charge in [0.15, 0.2) is 14.4 Å². The van der Waals surface area contributed by atoms with Crippen molar-refractivity contribution in [1.82, 2.24) is 0 Å². The molecule has 16 heteroatoms. The van der Waals surface area contributed by atoms with Gasteiger partial charge in [0.05, 0.1) is 76.3 Å². The van der Waals surface area contributed by atoms with E-state index in [0.29, 0.717) is 70.3 Å². The fourth-order valence-electron chi connectivity index (χ4n) is 12.8. The summed E-state index contributed by atoms with van der Waals surface area (Å²) in [7, 11) is -0.691. The fourth-order valence-corrected chi connectivity index (χ4v) is 18.8. The molecule has 0 aliphatic carbocycles. The molecule has 3 heterocycles. The average Bonchev–Trinajstić information content (AvgIpc) is 0.755. The number of rotatable bonds is 30. The highest BCUT2D eigenvalue weighted by Crippen LogP contribution is 2.50. The van der Waals surface area contributed by atoms with Crippen molar-refractivity contribution in [3.63, 3.8) is 0 Å². The molecule has 3 saturated heterocycles. The van der Waals surface area contributed by atoms with Gasteiger partial charge in [0, 0.05) is 51.4 Å². The highest BCUT2D eigenvalue weighted by Gasteiger charge is 2.59. The van der Waals surface area contributed by atoms with Gasteiger partial charge < -0.3 is 56.2 Å². The summed E-state index contributed by atoms with van der Waals surface area (Å²) in [5.74, 6) is -2.03. The SMILES string of the molecule is C=C1CC(C[C@H](CCO[Si](c2ccccc2)(c2ccccc2)C(C)(C)C)OCc2ccc(OC)cc2)O[C@@H](C[C@@H]2CC(=C)C[C@H](/C=C/C(C)(C)[C@]3(OC)O[C@H](C[C@@H](O[Si](C)(C)C(C)(C)C)[C@@H](C)OCOCc4ccccc4)C/C(=C\C(=O)OC)[C@@H]3OC(C)=O)O2)C1. The van der Waals surface area contributed by atoms with Crippen LogP contribution in [-0.2, 0) is 74.3 Å². The van der Waals surface area contributed by atoms with Crippen molar-refractivity contribution in [3.8, 4) is 5.75 Å².